The molecular weight excluding hydrogens is 312 g/mol. The quantitative estimate of drug-likeness (QED) is 0.791. The van der Waals surface area contributed by atoms with E-state index < -0.39 is 14.6 Å². The first-order chi connectivity index (χ1) is 9.35. The fraction of sp³-hybridized carbons (Fsp3) is 0.929. The van der Waals surface area contributed by atoms with E-state index in [4.69, 9.17) is 0 Å². The van der Waals surface area contributed by atoms with Crippen LogP contribution >= 0.6 is 12.4 Å². The van der Waals surface area contributed by atoms with Gasteiger partial charge in [-0.3, -0.25) is 4.79 Å². The Morgan fingerprint density at radius 2 is 1.76 bits per heavy atom. The third-order valence-corrected chi connectivity index (χ3v) is 7.34. The van der Waals surface area contributed by atoms with Crippen LogP contribution in [0, 0.1) is 5.41 Å². The number of hydrogen-bond donors (Lipinski definition) is 2. The van der Waals surface area contributed by atoms with Crippen molar-refractivity contribution in [3.63, 3.8) is 0 Å². The predicted octanol–water partition coefficient (Wildman–Crippen LogP) is 1.27. The second kappa shape index (κ2) is 6.84. The molecule has 0 radical (unpaired) electrons. The molecule has 7 heteroatoms. The first kappa shape index (κ1) is 18.7. The highest BCUT2D eigenvalue weighted by molar-refractivity contribution is 7.92. The smallest absolute Gasteiger partial charge is 0.241 e. The van der Waals surface area contributed by atoms with Gasteiger partial charge < -0.3 is 10.6 Å². The maximum Gasteiger partial charge on any atom is 0.241 e. The highest BCUT2D eigenvalue weighted by atomic mass is 35.5. The van der Waals surface area contributed by atoms with Crippen LogP contribution in [0.15, 0.2) is 0 Å². The molecule has 2 rings (SSSR count). The molecule has 2 fully saturated rings. The summed E-state index contributed by atoms with van der Waals surface area (Å²) in [5.41, 5.74) is 0.210. The Morgan fingerprint density at radius 3 is 2.14 bits per heavy atom. The zero-order chi connectivity index (χ0) is 14.9. The van der Waals surface area contributed by atoms with Crippen LogP contribution in [0.5, 0.6) is 0 Å². The summed E-state index contributed by atoms with van der Waals surface area (Å²) in [4.78, 5) is 12.6. The predicted molar refractivity (Wildman–Crippen MR) is 86.5 cm³/mol. The number of carbonyl (C=O) groups is 1. The van der Waals surface area contributed by atoms with Gasteiger partial charge in [0.15, 0.2) is 14.6 Å². The van der Waals surface area contributed by atoms with E-state index in [1.54, 1.807) is 0 Å². The number of rotatable bonds is 5. The molecule has 0 aromatic heterocycles. The molecule has 1 aliphatic heterocycles. The monoisotopic (exact) mass is 338 g/mol. The van der Waals surface area contributed by atoms with Gasteiger partial charge in [0.2, 0.25) is 5.91 Å². The molecule has 0 spiro atoms. The first-order valence-corrected chi connectivity index (χ1v) is 9.43. The summed E-state index contributed by atoms with van der Waals surface area (Å²) >= 11 is 0. The van der Waals surface area contributed by atoms with Crippen LogP contribution in [0.25, 0.3) is 0 Å². The Kier molecular flexibility index (Phi) is 6.09. The lowest BCUT2D eigenvalue weighted by Gasteiger charge is -2.42. The van der Waals surface area contributed by atoms with Crippen molar-refractivity contribution in [2.24, 2.45) is 5.41 Å². The summed E-state index contributed by atoms with van der Waals surface area (Å²) in [5, 5.41) is 6.08. The molecular formula is C14H27ClN2O3S. The third-order valence-electron chi connectivity index (χ3n) is 5.32. The number of amides is 1. The summed E-state index contributed by atoms with van der Waals surface area (Å²) in [7, 11) is -3.40. The molecule has 1 saturated carbocycles. The maximum absolute atomic E-state index is 12.6. The van der Waals surface area contributed by atoms with Crippen LogP contribution in [0.4, 0.5) is 0 Å². The van der Waals surface area contributed by atoms with Crippen LogP contribution in [-0.4, -0.2) is 45.0 Å². The molecule has 1 heterocycles. The highest BCUT2D eigenvalue weighted by Gasteiger charge is 2.49. The number of hydrogen-bond acceptors (Lipinski definition) is 4. The molecule has 0 atom stereocenters. The van der Waals surface area contributed by atoms with Crippen molar-refractivity contribution < 1.29 is 13.2 Å². The van der Waals surface area contributed by atoms with Gasteiger partial charge in [0, 0.05) is 12.8 Å². The Hall–Kier alpha value is -0.330. The largest absolute Gasteiger partial charge is 0.354 e. The molecule has 2 N–H and O–H groups in total. The Morgan fingerprint density at radius 1 is 1.19 bits per heavy atom. The zero-order valence-corrected chi connectivity index (χ0v) is 14.5. The summed E-state index contributed by atoms with van der Waals surface area (Å²) in [6, 6.07) is 0. The van der Waals surface area contributed by atoms with Gasteiger partial charge in [-0.05, 0) is 50.6 Å². The Labute approximate surface area is 134 Å². The maximum atomic E-state index is 12.6. The molecule has 21 heavy (non-hydrogen) atoms. The molecule has 2 aliphatic rings. The normalized spacial score (nSPS) is 23.5. The first-order valence-electron chi connectivity index (χ1n) is 7.54. The van der Waals surface area contributed by atoms with E-state index >= 15 is 0 Å². The molecule has 0 aromatic carbocycles. The van der Waals surface area contributed by atoms with Crippen LogP contribution in [0.2, 0.25) is 0 Å². The van der Waals surface area contributed by atoms with Crippen LogP contribution < -0.4 is 10.6 Å². The third kappa shape index (κ3) is 3.54. The van der Waals surface area contributed by atoms with Gasteiger partial charge in [0.05, 0.1) is 0 Å². The lowest BCUT2D eigenvalue weighted by atomic mass is 9.67. The van der Waals surface area contributed by atoms with Gasteiger partial charge >= 0.3 is 0 Å². The summed E-state index contributed by atoms with van der Waals surface area (Å²) < 4.78 is 23.1. The van der Waals surface area contributed by atoms with E-state index in [1.807, 2.05) is 0 Å². The average molecular weight is 339 g/mol. The topological polar surface area (TPSA) is 75.3 Å². The van der Waals surface area contributed by atoms with Gasteiger partial charge in [-0.1, -0.05) is 13.3 Å². The van der Waals surface area contributed by atoms with Crippen LogP contribution in [-0.2, 0) is 14.6 Å². The van der Waals surface area contributed by atoms with Crippen molar-refractivity contribution in [3.05, 3.63) is 0 Å². The van der Waals surface area contributed by atoms with Gasteiger partial charge in [0.25, 0.3) is 0 Å². The minimum Gasteiger partial charge on any atom is -0.354 e. The minimum atomic E-state index is -3.40. The van der Waals surface area contributed by atoms with Gasteiger partial charge in [-0.25, -0.2) is 8.42 Å². The highest BCUT2D eigenvalue weighted by Crippen LogP contribution is 2.43. The number of nitrogens with one attached hydrogen (secondary N) is 2. The van der Waals surface area contributed by atoms with Crippen LogP contribution in [0.1, 0.15) is 45.4 Å². The Bertz CT molecular complexity index is 463. The fourth-order valence-electron chi connectivity index (χ4n) is 3.36. The summed E-state index contributed by atoms with van der Waals surface area (Å²) in [5.74, 6) is -0.291. The van der Waals surface area contributed by atoms with Crippen molar-refractivity contribution in [2.75, 3.05) is 25.9 Å². The van der Waals surface area contributed by atoms with E-state index in [0.717, 1.165) is 19.3 Å². The molecule has 5 nitrogen and oxygen atoms in total. The average Bonchev–Trinajstić information content (AvgIpc) is 2.37. The van der Waals surface area contributed by atoms with E-state index in [-0.39, 0.29) is 23.7 Å². The van der Waals surface area contributed by atoms with Crippen molar-refractivity contribution in [1.29, 1.82) is 0 Å². The van der Waals surface area contributed by atoms with Crippen molar-refractivity contribution >= 4 is 28.2 Å². The standard InChI is InChI=1S/C14H26N2O3S.ClH/c1-3-13(5-4-6-13)11-16-12(17)14(20(2,18)19)7-9-15-10-8-14;/h15H,3-11H2,1-2H3,(H,16,17);1H. The van der Waals surface area contributed by atoms with E-state index in [2.05, 4.69) is 17.6 Å². The Balaban J connectivity index is 0.00000220. The molecule has 1 saturated heterocycles. The van der Waals surface area contributed by atoms with Crippen molar-refractivity contribution in [1.82, 2.24) is 10.6 Å². The zero-order valence-electron chi connectivity index (χ0n) is 12.9. The molecule has 0 bridgehead atoms. The van der Waals surface area contributed by atoms with Crippen LogP contribution in [0.3, 0.4) is 0 Å². The number of halogens is 1. The van der Waals surface area contributed by atoms with E-state index in [9.17, 15) is 13.2 Å². The van der Waals surface area contributed by atoms with E-state index in [1.165, 1.54) is 12.7 Å². The summed E-state index contributed by atoms with van der Waals surface area (Å²) in [6.45, 7) is 3.92. The lowest BCUT2D eigenvalue weighted by molar-refractivity contribution is -0.125. The number of piperidine rings is 1. The van der Waals surface area contributed by atoms with Gasteiger partial charge in [0.1, 0.15) is 0 Å². The summed E-state index contributed by atoms with van der Waals surface area (Å²) in [6.07, 6.45) is 6.46. The molecule has 0 aromatic rings. The SMILES string of the molecule is CCC1(CNC(=O)C2(S(C)(=O)=O)CCNCC2)CCC1.Cl. The van der Waals surface area contributed by atoms with Crippen molar-refractivity contribution in [3.8, 4) is 0 Å². The molecule has 1 amide bonds. The van der Waals surface area contributed by atoms with Crippen molar-refractivity contribution in [2.45, 2.75) is 50.2 Å². The lowest BCUT2D eigenvalue weighted by Crippen LogP contribution is -2.58. The van der Waals surface area contributed by atoms with E-state index in [0.29, 0.717) is 32.5 Å². The molecule has 124 valence electrons. The second-order valence-electron chi connectivity index (χ2n) is 6.41. The number of carbonyl (C=O) groups excluding carboxylic acids is 1. The minimum absolute atomic E-state index is 0. The molecule has 0 unspecified atom stereocenters. The second-order valence-corrected chi connectivity index (χ2v) is 8.73. The fourth-order valence-corrected chi connectivity index (χ4v) is 4.71. The number of sulfone groups is 1. The van der Waals surface area contributed by atoms with Gasteiger partial charge in [-0.2, -0.15) is 0 Å². The molecule has 1 aliphatic carbocycles. The van der Waals surface area contributed by atoms with Gasteiger partial charge in [-0.15, -0.1) is 12.4 Å².